The molecule has 3 heterocycles. The Balaban J connectivity index is 1.29. The third-order valence-corrected chi connectivity index (χ3v) is 6.88. The van der Waals surface area contributed by atoms with Crippen molar-refractivity contribution in [2.24, 2.45) is 0 Å². The second-order valence-corrected chi connectivity index (χ2v) is 9.23. The van der Waals surface area contributed by atoms with Crippen molar-refractivity contribution >= 4 is 40.7 Å². The van der Waals surface area contributed by atoms with Gasteiger partial charge in [-0.25, -0.2) is 0 Å². The van der Waals surface area contributed by atoms with Gasteiger partial charge in [0.15, 0.2) is 6.61 Å². The molecule has 0 atom stereocenters. The van der Waals surface area contributed by atoms with E-state index in [0.717, 1.165) is 31.6 Å². The zero-order valence-corrected chi connectivity index (χ0v) is 19.7. The highest BCUT2D eigenvalue weighted by molar-refractivity contribution is 6.30. The average molecular weight is 483 g/mol. The van der Waals surface area contributed by atoms with E-state index >= 15 is 0 Å². The number of likely N-dealkylation sites (tertiary alicyclic amines) is 1. The van der Waals surface area contributed by atoms with Gasteiger partial charge < -0.3 is 19.4 Å². The third-order valence-electron chi connectivity index (χ3n) is 6.64. The zero-order valence-electron chi connectivity index (χ0n) is 18.9. The lowest BCUT2D eigenvalue weighted by Crippen LogP contribution is -2.49. The molecular formula is C25H27ClN4O4. The Morgan fingerprint density at radius 1 is 0.912 bits per heavy atom. The highest BCUT2D eigenvalue weighted by Crippen LogP contribution is 2.33. The van der Waals surface area contributed by atoms with Crippen LogP contribution in [0.15, 0.2) is 42.5 Å². The standard InChI is InChI=1S/C25H27ClN4O4/c26-19-4-3-5-20(15-19)27-10-12-29(13-11-27)25(33)18-6-7-22-21(14-18)30(24(32)17-34-22)16-23(31)28-8-1-2-9-28/h3-7,14-15H,1-2,8-13,16-17H2. The number of hydrogen-bond donors (Lipinski definition) is 0. The second kappa shape index (κ2) is 9.54. The van der Waals surface area contributed by atoms with Gasteiger partial charge in [-0.1, -0.05) is 17.7 Å². The predicted octanol–water partition coefficient (Wildman–Crippen LogP) is 2.65. The summed E-state index contributed by atoms with van der Waals surface area (Å²) in [5.74, 6) is 0.0564. The molecule has 0 saturated carbocycles. The minimum atomic E-state index is -0.278. The summed E-state index contributed by atoms with van der Waals surface area (Å²) >= 11 is 6.12. The van der Waals surface area contributed by atoms with E-state index in [9.17, 15) is 14.4 Å². The molecule has 0 spiro atoms. The Morgan fingerprint density at radius 2 is 1.68 bits per heavy atom. The lowest BCUT2D eigenvalue weighted by molar-refractivity contribution is -0.131. The molecule has 0 bridgehead atoms. The first-order valence-corrected chi connectivity index (χ1v) is 12.0. The molecule has 2 saturated heterocycles. The lowest BCUT2D eigenvalue weighted by Gasteiger charge is -2.36. The Labute approximate surface area is 203 Å². The summed E-state index contributed by atoms with van der Waals surface area (Å²) in [5, 5.41) is 0.689. The Morgan fingerprint density at radius 3 is 2.41 bits per heavy atom. The zero-order chi connectivity index (χ0) is 23.7. The van der Waals surface area contributed by atoms with E-state index in [0.29, 0.717) is 48.2 Å². The van der Waals surface area contributed by atoms with Crippen LogP contribution in [0.25, 0.3) is 0 Å². The monoisotopic (exact) mass is 482 g/mol. The maximum absolute atomic E-state index is 13.3. The molecule has 2 fully saturated rings. The molecule has 2 aromatic rings. The Hall–Kier alpha value is -3.26. The lowest BCUT2D eigenvalue weighted by atomic mass is 10.1. The van der Waals surface area contributed by atoms with Crippen LogP contribution in [-0.4, -0.2) is 79.9 Å². The minimum absolute atomic E-state index is 0.0366. The highest BCUT2D eigenvalue weighted by atomic mass is 35.5. The van der Waals surface area contributed by atoms with Crippen LogP contribution in [0, 0.1) is 0 Å². The van der Waals surface area contributed by atoms with Crippen LogP contribution in [0.3, 0.4) is 0 Å². The van der Waals surface area contributed by atoms with Gasteiger partial charge in [0, 0.05) is 55.5 Å². The van der Waals surface area contributed by atoms with E-state index in [-0.39, 0.29) is 30.9 Å². The fourth-order valence-electron chi connectivity index (χ4n) is 4.73. The molecule has 178 valence electrons. The maximum atomic E-state index is 13.3. The Bertz CT molecular complexity index is 1110. The van der Waals surface area contributed by atoms with E-state index in [1.54, 1.807) is 23.1 Å². The quantitative estimate of drug-likeness (QED) is 0.670. The summed E-state index contributed by atoms with van der Waals surface area (Å²) in [5.41, 5.74) is 2.00. The van der Waals surface area contributed by atoms with E-state index < -0.39 is 0 Å². The molecule has 34 heavy (non-hydrogen) atoms. The summed E-state index contributed by atoms with van der Waals surface area (Å²) in [4.78, 5) is 45.8. The number of rotatable bonds is 4. The van der Waals surface area contributed by atoms with Crippen LogP contribution < -0.4 is 14.5 Å². The van der Waals surface area contributed by atoms with Gasteiger partial charge in [-0.3, -0.25) is 19.3 Å². The molecule has 3 aliphatic heterocycles. The highest BCUT2D eigenvalue weighted by Gasteiger charge is 2.31. The number of anilines is 2. The van der Waals surface area contributed by atoms with Gasteiger partial charge >= 0.3 is 0 Å². The molecule has 0 radical (unpaired) electrons. The van der Waals surface area contributed by atoms with Gasteiger partial charge in [0.1, 0.15) is 12.3 Å². The number of nitrogens with zero attached hydrogens (tertiary/aromatic N) is 4. The normalized spacial score (nSPS) is 18.1. The summed E-state index contributed by atoms with van der Waals surface area (Å²) in [6.45, 7) is 3.87. The van der Waals surface area contributed by atoms with Crippen LogP contribution in [0.2, 0.25) is 5.02 Å². The van der Waals surface area contributed by atoms with Crippen molar-refractivity contribution in [1.82, 2.24) is 9.80 Å². The number of ether oxygens (including phenoxy) is 1. The molecule has 3 aliphatic rings. The average Bonchev–Trinajstić information content (AvgIpc) is 3.40. The summed E-state index contributed by atoms with van der Waals surface area (Å²) in [7, 11) is 0. The van der Waals surface area contributed by atoms with Crippen LogP contribution in [-0.2, 0) is 9.59 Å². The molecule has 0 unspecified atom stereocenters. The fourth-order valence-corrected chi connectivity index (χ4v) is 4.92. The van der Waals surface area contributed by atoms with Crippen molar-refractivity contribution in [2.75, 3.05) is 62.2 Å². The van der Waals surface area contributed by atoms with Crippen LogP contribution in [0.4, 0.5) is 11.4 Å². The third kappa shape index (κ3) is 4.55. The van der Waals surface area contributed by atoms with E-state index in [1.165, 1.54) is 4.90 Å². The van der Waals surface area contributed by atoms with Gasteiger partial charge in [0.2, 0.25) is 5.91 Å². The first-order valence-electron chi connectivity index (χ1n) is 11.6. The first kappa shape index (κ1) is 22.5. The summed E-state index contributed by atoms with van der Waals surface area (Å²) in [6, 6.07) is 12.8. The van der Waals surface area contributed by atoms with Gasteiger partial charge in [-0.05, 0) is 49.2 Å². The van der Waals surface area contributed by atoms with Gasteiger partial charge in [-0.15, -0.1) is 0 Å². The molecule has 5 rings (SSSR count). The number of carbonyl (C=O) groups excluding carboxylic acids is 3. The predicted molar refractivity (Wildman–Crippen MR) is 130 cm³/mol. The molecule has 2 aromatic carbocycles. The van der Waals surface area contributed by atoms with Crippen LogP contribution in [0.5, 0.6) is 5.75 Å². The number of hydrogen-bond acceptors (Lipinski definition) is 5. The first-order chi connectivity index (χ1) is 16.5. The number of carbonyl (C=O) groups is 3. The van der Waals surface area contributed by atoms with E-state index in [2.05, 4.69) is 4.90 Å². The molecule has 3 amide bonds. The summed E-state index contributed by atoms with van der Waals surface area (Å²) < 4.78 is 5.57. The van der Waals surface area contributed by atoms with Crippen molar-refractivity contribution in [1.29, 1.82) is 0 Å². The van der Waals surface area contributed by atoms with Crippen molar-refractivity contribution in [3.63, 3.8) is 0 Å². The topological polar surface area (TPSA) is 73.4 Å². The van der Waals surface area contributed by atoms with Crippen molar-refractivity contribution in [3.8, 4) is 5.75 Å². The maximum Gasteiger partial charge on any atom is 0.265 e. The van der Waals surface area contributed by atoms with Crippen LogP contribution in [0.1, 0.15) is 23.2 Å². The molecule has 0 N–H and O–H groups in total. The number of piperazine rings is 1. The summed E-state index contributed by atoms with van der Waals surface area (Å²) in [6.07, 6.45) is 1.98. The number of halogens is 1. The van der Waals surface area contributed by atoms with E-state index in [4.69, 9.17) is 16.3 Å². The van der Waals surface area contributed by atoms with E-state index in [1.807, 2.05) is 29.2 Å². The van der Waals surface area contributed by atoms with Gasteiger partial charge in [0.25, 0.3) is 11.8 Å². The molecule has 8 nitrogen and oxygen atoms in total. The minimum Gasteiger partial charge on any atom is -0.482 e. The second-order valence-electron chi connectivity index (χ2n) is 8.80. The van der Waals surface area contributed by atoms with Crippen molar-refractivity contribution in [3.05, 3.63) is 53.1 Å². The largest absolute Gasteiger partial charge is 0.482 e. The number of benzene rings is 2. The molecule has 9 heteroatoms. The van der Waals surface area contributed by atoms with Crippen molar-refractivity contribution in [2.45, 2.75) is 12.8 Å². The molecular weight excluding hydrogens is 456 g/mol. The molecule has 0 aromatic heterocycles. The smallest absolute Gasteiger partial charge is 0.265 e. The van der Waals surface area contributed by atoms with Gasteiger partial charge in [0.05, 0.1) is 5.69 Å². The van der Waals surface area contributed by atoms with Gasteiger partial charge in [-0.2, -0.15) is 0 Å². The Kier molecular flexibility index (Phi) is 6.32. The number of amides is 3. The van der Waals surface area contributed by atoms with Crippen LogP contribution >= 0.6 is 11.6 Å². The number of fused-ring (bicyclic) bond motifs is 1. The van der Waals surface area contributed by atoms with Crippen molar-refractivity contribution < 1.29 is 19.1 Å². The fraction of sp³-hybridized carbons (Fsp3) is 0.400. The SMILES string of the molecule is O=C(CN1C(=O)COc2ccc(C(=O)N3CCN(c4cccc(Cl)c4)CC3)cc21)N1CCCC1. The molecule has 0 aliphatic carbocycles.